The van der Waals surface area contributed by atoms with Gasteiger partial charge in [0.2, 0.25) is 8.32 Å². The molecule has 0 bridgehead atoms. The molecule has 3 heteroatoms. The van der Waals surface area contributed by atoms with E-state index in [9.17, 15) is 5.11 Å². The lowest BCUT2D eigenvalue weighted by Gasteiger charge is -2.36. The molecule has 0 saturated carbocycles. The fraction of sp³-hybridized carbons (Fsp3) is 0.667. The lowest BCUT2D eigenvalue weighted by molar-refractivity contribution is 0.0472. The van der Waals surface area contributed by atoms with Gasteiger partial charge in [0.25, 0.3) is 0 Å². The smallest absolute Gasteiger partial charge is 0.250 e. The van der Waals surface area contributed by atoms with Crippen molar-refractivity contribution in [3.63, 3.8) is 0 Å². The quantitative estimate of drug-likeness (QED) is 0.615. The lowest BCUT2D eigenvalue weighted by atomic mass is 9.90. The van der Waals surface area contributed by atoms with E-state index in [2.05, 4.69) is 46.0 Å². The number of aryl methyl sites for hydroxylation is 1. The average Bonchev–Trinajstić information content (AvgIpc) is 2.46. The Balaban J connectivity index is 2.32. The molecular formula is C18H30O2Si. The molecule has 0 amide bonds. The molecule has 0 aliphatic heterocycles. The van der Waals surface area contributed by atoms with Gasteiger partial charge in [-0.05, 0) is 74.0 Å². The molecule has 0 radical (unpaired) electrons. The molecule has 0 aromatic heterocycles. The summed E-state index contributed by atoms with van der Waals surface area (Å²) < 4.78 is 6.40. The maximum Gasteiger partial charge on any atom is 0.250 e. The number of fused-ring (bicyclic) bond motifs is 1. The van der Waals surface area contributed by atoms with Gasteiger partial charge in [-0.2, -0.15) is 0 Å². The Kier molecular flexibility index (Phi) is 4.29. The van der Waals surface area contributed by atoms with Crippen LogP contribution in [0.3, 0.4) is 0 Å². The van der Waals surface area contributed by atoms with Gasteiger partial charge in [0.1, 0.15) is 5.75 Å². The highest BCUT2D eigenvalue weighted by Crippen LogP contribution is 2.39. The van der Waals surface area contributed by atoms with Gasteiger partial charge in [0, 0.05) is 0 Å². The molecule has 1 unspecified atom stereocenters. The maximum atomic E-state index is 10.6. The van der Waals surface area contributed by atoms with Crippen molar-refractivity contribution >= 4 is 8.32 Å². The molecule has 1 N–H and O–H groups in total. The summed E-state index contributed by atoms with van der Waals surface area (Å²) in [5.41, 5.74) is 1.65. The first-order valence-electron chi connectivity index (χ1n) is 8.08. The van der Waals surface area contributed by atoms with Crippen molar-refractivity contribution in [3.8, 4) is 5.75 Å². The van der Waals surface area contributed by atoms with E-state index in [0.717, 1.165) is 37.0 Å². The zero-order valence-corrected chi connectivity index (χ0v) is 15.4. The van der Waals surface area contributed by atoms with Gasteiger partial charge in [-0.3, -0.25) is 0 Å². The second kappa shape index (κ2) is 5.44. The van der Waals surface area contributed by atoms with Crippen molar-refractivity contribution in [2.45, 2.75) is 77.1 Å². The highest BCUT2D eigenvalue weighted by molar-refractivity contribution is 6.74. The summed E-state index contributed by atoms with van der Waals surface area (Å²) in [5.74, 6) is 0.970. The highest BCUT2D eigenvalue weighted by Gasteiger charge is 2.39. The van der Waals surface area contributed by atoms with E-state index in [1.807, 2.05) is 13.0 Å². The fourth-order valence-electron chi connectivity index (χ4n) is 2.73. The van der Waals surface area contributed by atoms with Crippen LogP contribution in [0, 0.1) is 0 Å². The lowest BCUT2D eigenvalue weighted by Crippen LogP contribution is -2.43. The molecule has 0 spiro atoms. The first-order valence-corrected chi connectivity index (χ1v) is 11.0. The molecule has 21 heavy (non-hydrogen) atoms. The molecule has 0 saturated heterocycles. The van der Waals surface area contributed by atoms with Crippen molar-refractivity contribution < 1.29 is 9.53 Å². The van der Waals surface area contributed by atoms with Crippen LogP contribution in [0.1, 0.15) is 58.1 Å². The van der Waals surface area contributed by atoms with Crippen LogP contribution in [-0.4, -0.2) is 13.4 Å². The molecule has 0 fully saturated rings. The summed E-state index contributed by atoms with van der Waals surface area (Å²) in [6, 6.07) is 6.28. The van der Waals surface area contributed by atoms with Crippen LogP contribution in [0.5, 0.6) is 5.75 Å². The van der Waals surface area contributed by atoms with E-state index < -0.39 is 13.9 Å². The SMILES string of the molecule is CC1(O)CCCCc2cc(O[Si](C)(C)C(C)(C)C)ccc21. The minimum atomic E-state index is -1.80. The summed E-state index contributed by atoms with van der Waals surface area (Å²) in [7, 11) is -1.80. The summed E-state index contributed by atoms with van der Waals surface area (Å²) in [6.45, 7) is 13.3. The van der Waals surface area contributed by atoms with Gasteiger partial charge >= 0.3 is 0 Å². The maximum absolute atomic E-state index is 10.6. The summed E-state index contributed by atoms with van der Waals surface area (Å²) in [4.78, 5) is 0. The standard InChI is InChI=1S/C18H30O2Si/c1-17(2,3)21(5,6)20-15-10-11-16-14(13-15)9-7-8-12-18(16,4)19/h10-11,13,19H,7-9,12H2,1-6H3. The van der Waals surface area contributed by atoms with E-state index in [1.54, 1.807) is 0 Å². The zero-order chi connectivity index (χ0) is 15.9. The minimum absolute atomic E-state index is 0.200. The van der Waals surface area contributed by atoms with Crippen LogP contribution in [0.15, 0.2) is 18.2 Å². The van der Waals surface area contributed by atoms with E-state index >= 15 is 0 Å². The number of aliphatic hydroxyl groups is 1. The molecule has 2 rings (SSSR count). The number of hydrogen-bond donors (Lipinski definition) is 1. The van der Waals surface area contributed by atoms with Crippen molar-refractivity contribution in [2.75, 3.05) is 0 Å². The van der Waals surface area contributed by atoms with E-state index in [0.29, 0.717) is 0 Å². The minimum Gasteiger partial charge on any atom is -0.543 e. The Bertz CT molecular complexity index is 512. The van der Waals surface area contributed by atoms with Crippen LogP contribution < -0.4 is 4.43 Å². The van der Waals surface area contributed by atoms with E-state index in [1.165, 1.54) is 5.56 Å². The van der Waals surface area contributed by atoms with Gasteiger partial charge < -0.3 is 9.53 Å². The van der Waals surface area contributed by atoms with Gasteiger partial charge in [-0.25, -0.2) is 0 Å². The number of benzene rings is 1. The summed E-state index contributed by atoms with van der Waals surface area (Å²) in [6.07, 6.45) is 4.12. The topological polar surface area (TPSA) is 29.5 Å². The normalized spacial score (nSPS) is 23.4. The van der Waals surface area contributed by atoms with Gasteiger partial charge in [-0.15, -0.1) is 0 Å². The molecular weight excluding hydrogens is 276 g/mol. The van der Waals surface area contributed by atoms with Gasteiger partial charge in [0.05, 0.1) is 5.60 Å². The Morgan fingerprint density at radius 2 is 1.86 bits per heavy atom. The predicted molar refractivity (Wildman–Crippen MR) is 91.4 cm³/mol. The van der Waals surface area contributed by atoms with Crippen molar-refractivity contribution in [2.24, 2.45) is 0 Å². The Morgan fingerprint density at radius 3 is 2.48 bits per heavy atom. The number of rotatable bonds is 2. The molecule has 1 aliphatic carbocycles. The first-order chi connectivity index (χ1) is 9.53. The van der Waals surface area contributed by atoms with E-state index in [4.69, 9.17) is 4.43 Å². The average molecular weight is 307 g/mol. The second-order valence-electron chi connectivity index (χ2n) is 8.16. The van der Waals surface area contributed by atoms with Crippen molar-refractivity contribution in [1.82, 2.24) is 0 Å². The van der Waals surface area contributed by atoms with Crippen LogP contribution in [-0.2, 0) is 12.0 Å². The summed E-state index contributed by atoms with van der Waals surface area (Å²) >= 11 is 0. The second-order valence-corrected chi connectivity index (χ2v) is 12.9. The largest absolute Gasteiger partial charge is 0.543 e. The predicted octanol–water partition coefficient (Wildman–Crippen LogP) is 5.00. The molecule has 1 atom stereocenters. The Morgan fingerprint density at radius 1 is 1.19 bits per heavy atom. The molecule has 0 heterocycles. The van der Waals surface area contributed by atoms with E-state index in [-0.39, 0.29) is 5.04 Å². The Labute approximate surface area is 130 Å². The van der Waals surface area contributed by atoms with Crippen LogP contribution in [0.4, 0.5) is 0 Å². The van der Waals surface area contributed by atoms with Gasteiger partial charge in [-0.1, -0.05) is 26.8 Å². The number of hydrogen-bond acceptors (Lipinski definition) is 2. The third-order valence-electron chi connectivity index (χ3n) is 5.20. The van der Waals surface area contributed by atoms with Crippen LogP contribution >= 0.6 is 0 Å². The first kappa shape index (κ1) is 16.6. The van der Waals surface area contributed by atoms with Crippen LogP contribution in [0.2, 0.25) is 18.1 Å². The van der Waals surface area contributed by atoms with Crippen molar-refractivity contribution in [1.29, 1.82) is 0 Å². The Hall–Kier alpha value is -0.803. The third-order valence-corrected chi connectivity index (χ3v) is 9.55. The van der Waals surface area contributed by atoms with Crippen LogP contribution in [0.25, 0.3) is 0 Å². The highest BCUT2D eigenvalue weighted by atomic mass is 28.4. The monoisotopic (exact) mass is 306 g/mol. The molecule has 1 aliphatic rings. The fourth-order valence-corrected chi connectivity index (χ4v) is 3.76. The molecule has 2 nitrogen and oxygen atoms in total. The summed E-state index contributed by atoms with van der Waals surface area (Å²) in [5, 5.41) is 10.8. The van der Waals surface area contributed by atoms with Crippen molar-refractivity contribution in [3.05, 3.63) is 29.3 Å². The zero-order valence-electron chi connectivity index (χ0n) is 14.4. The van der Waals surface area contributed by atoms with Gasteiger partial charge in [0.15, 0.2) is 0 Å². The third kappa shape index (κ3) is 3.51. The molecule has 118 valence electrons. The molecule has 1 aromatic rings. The molecule has 1 aromatic carbocycles.